The maximum absolute atomic E-state index is 12.3. The number of aromatic nitrogens is 3. The molecule has 5 heteroatoms. The van der Waals surface area contributed by atoms with Crippen molar-refractivity contribution in [2.75, 3.05) is 7.11 Å². The molecule has 122 valence electrons. The first-order valence-corrected chi connectivity index (χ1v) is 8.11. The molecule has 0 unspecified atom stereocenters. The summed E-state index contributed by atoms with van der Waals surface area (Å²) >= 11 is 0. The first-order chi connectivity index (χ1) is 12.3. The van der Waals surface area contributed by atoms with Crippen LogP contribution in [0.15, 0.2) is 59.7 Å². The van der Waals surface area contributed by atoms with Gasteiger partial charge in [-0.25, -0.2) is 4.98 Å². The zero-order valence-electron chi connectivity index (χ0n) is 13.6. The van der Waals surface area contributed by atoms with Crippen LogP contribution < -0.4 is 10.3 Å². The van der Waals surface area contributed by atoms with Gasteiger partial charge in [0.2, 0.25) is 5.65 Å². The molecular formula is C20H15N3O2. The lowest BCUT2D eigenvalue weighted by Gasteiger charge is -2.10. The number of imidazole rings is 1. The van der Waals surface area contributed by atoms with E-state index in [9.17, 15) is 4.79 Å². The standard InChI is InChI=1S/C20H15N3O2/c1-25-13-5-2-4-12(10-13)14-6-3-7-15-16(14)11-17-18(15)22-20(24)19-21-8-9-23(17)19/h2-10H,11H2,1H3,(H,22,24). The second kappa shape index (κ2) is 5.08. The second-order valence-electron chi connectivity index (χ2n) is 6.14. The zero-order chi connectivity index (χ0) is 17.0. The van der Waals surface area contributed by atoms with E-state index in [4.69, 9.17) is 4.74 Å². The van der Waals surface area contributed by atoms with Crippen LogP contribution in [0.2, 0.25) is 0 Å². The summed E-state index contributed by atoms with van der Waals surface area (Å²) in [6.07, 6.45) is 4.26. The molecule has 1 N–H and O–H groups in total. The smallest absolute Gasteiger partial charge is 0.292 e. The molecule has 0 radical (unpaired) electrons. The highest BCUT2D eigenvalue weighted by Gasteiger charge is 2.25. The van der Waals surface area contributed by atoms with Crippen molar-refractivity contribution in [3.05, 3.63) is 76.5 Å². The summed E-state index contributed by atoms with van der Waals surface area (Å²) in [4.78, 5) is 19.5. The summed E-state index contributed by atoms with van der Waals surface area (Å²) < 4.78 is 7.25. The normalized spacial score (nSPS) is 12.2. The lowest BCUT2D eigenvalue weighted by Crippen LogP contribution is -2.13. The highest BCUT2D eigenvalue weighted by atomic mass is 16.5. The molecule has 4 aromatic rings. The third-order valence-electron chi connectivity index (χ3n) is 4.83. The zero-order valence-corrected chi connectivity index (χ0v) is 13.6. The van der Waals surface area contributed by atoms with E-state index < -0.39 is 0 Å². The van der Waals surface area contributed by atoms with Crippen LogP contribution in [0.3, 0.4) is 0 Å². The molecule has 0 spiro atoms. The van der Waals surface area contributed by atoms with Crippen molar-refractivity contribution in [2.24, 2.45) is 0 Å². The van der Waals surface area contributed by atoms with Gasteiger partial charge in [-0.05, 0) is 28.8 Å². The van der Waals surface area contributed by atoms with Crippen molar-refractivity contribution in [3.63, 3.8) is 0 Å². The number of hydrogen-bond donors (Lipinski definition) is 1. The van der Waals surface area contributed by atoms with Gasteiger partial charge in [0.25, 0.3) is 5.56 Å². The highest BCUT2D eigenvalue weighted by molar-refractivity contribution is 5.83. The van der Waals surface area contributed by atoms with E-state index in [1.165, 1.54) is 5.56 Å². The van der Waals surface area contributed by atoms with E-state index in [0.717, 1.165) is 40.2 Å². The lowest BCUT2D eigenvalue weighted by atomic mass is 9.96. The predicted molar refractivity (Wildman–Crippen MR) is 96.0 cm³/mol. The van der Waals surface area contributed by atoms with E-state index in [-0.39, 0.29) is 5.56 Å². The number of aromatic amines is 1. The minimum atomic E-state index is -0.164. The van der Waals surface area contributed by atoms with Crippen LogP contribution >= 0.6 is 0 Å². The number of nitrogens with one attached hydrogen (secondary N) is 1. The van der Waals surface area contributed by atoms with Gasteiger partial charge in [0.15, 0.2) is 0 Å². The molecule has 0 amide bonds. The Hall–Kier alpha value is -3.34. The summed E-state index contributed by atoms with van der Waals surface area (Å²) in [5.41, 5.74) is 6.77. The SMILES string of the molecule is COc1cccc(-c2cccc3c2Cc2c-3[nH]c(=O)c3nccn23)c1. The van der Waals surface area contributed by atoms with Gasteiger partial charge in [-0.1, -0.05) is 30.3 Å². The Bertz CT molecular complexity index is 1190. The molecule has 0 fully saturated rings. The van der Waals surface area contributed by atoms with E-state index in [1.54, 1.807) is 13.3 Å². The minimum absolute atomic E-state index is 0.164. The molecule has 0 bridgehead atoms. The number of nitrogens with zero attached hydrogens (tertiary/aromatic N) is 2. The molecule has 0 aliphatic heterocycles. The van der Waals surface area contributed by atoms with Crippen LogP contribution in [-0.2, 0) is 6.42 Å². The van der Waals surface area contributed by atoms with Gasteiger partial charge in [-0.3, -0.25) is 9.20 Å². The van der Waals surface area contributed by atoms with Crippen LogP contribution in [0.4, 0.5) is 0 Å². The van der Waals surface area contributed by atoms with Gasteiger partial charge in [0.05, 0.1) is 18.5 Å². The summed E-state index contributed by atoms with van der Waals surface area (Å²) in [5.74, 6) is 0.830. The van der Waals surface area contributed by atoms with E-state index >= 15 is 0 Å². The van der Waals surface area contributed by atoms with Crippen LogP contribution in [-0.4, -0.2) is 21.5 Å². The van der Waals surface area contributed by atoms with Crippen molar-refractivity contribution in [1.82, 2.24) is 14.4 Å². The van der Waals surface area contributed by atoms with E-state index in [0.29, 0.717) is 5.65 Å². The summed E-state index contributed by atoms with van der Waals surface area (Å²) in [5, 5.41) is 0. The number of hydrogen-bond acceptors (Lipinski definition) is 3. The molecule has 0 saturated heterocycles. The average Bonchev–Trinajstić information content (AvgIpc) is 3.27. The van der Waals surface area contributed by atoms with Crippen LogP contribution in [0.1, 0.15) is 11.3 Å². The number of methoxy groups -OCH3 is 1. The molecule has 2 aromatic carbocycles. The summed E-state index contributed by atoms with van der Waals surface area (Å²) in [7, 11) is 1.67. The number of rotatable bonds is 2. The Morgan fingerprint density at radius 3 is 2.88 bits per heavy atom. The molecule has 1 aliphatic rings. The largest absolute Gasteiger partial charge is 0.497 e. The van der Waals surface area contributed by atoms with Gasteiger partial charge in [0, 0.05) is 24.4 Å². The van der Waals surface area contributed by atoms with Crippen LogP contribution in [0, 0.1) is 0 Å². The van der Waals surface area contributed by atoms with Crippen molar-refractivity contribution in [2.45, 2.75) is 6.42 Å². The molecule has 25 heavy (non-hydrogen) atoms. The van der Waals surface area contributed by atoms with Crippen molar-refractivity contribution in [3.8, 4) is 28.1 Å². The number of fused-ring (bicyclic) bond motifs is 5. The monoisotopic (exact) mass is 329 g/mol. The molecular weight excluding hydrogens is 314 g/mol. The Morgan fingerprint density at radius 2 is 2.00 bits per heavy atom. The number of H-pyrrole nitrogens is 1. The average molecular weight is 329 g/mol. The van der Waals surface area contributed by atoms with Crippen molar-refractivity contribution in [1.29, 1.82) is 0 Å². The van der Waals surface area contributed by atoms with Gasteiger partial charge in [-0.15, -0.1) is 0 Å². The quantitative estimate of drug-likeness (QED) is 0.541. The minimum Gasteiger partial charge on any atom is -0.497 e. The van der Waals surface area contributed by atoms with Crippen molar-refractivity contribution >= 4 is 5.65 Å². The topological polar surface area (TPSA) is 59.4 Å². The third-order valence-corrected chi connectivity index (χ3v) is 4.83. The van der Waals surface area contributed by atoms with Gasteiger partial charge in [0.1, 0.15) is 5.75 Å². The molecule has 5 nitrogen and oxygen atoms in total. The third kappa shape index (κ3) is 1.96. The highest BCUT2D eigenvalue weighted by Crippen LogP contribution is 2.40. The fraction of sp³-hybridized carbons (Fsp3) is 0.100. The molecule has 2 aromatic heterocycles. The summed E-state index contributed by atoms with van der Waals surface area (Å²) in [6.45, 7) is 0. The predicted octanol–water partition coefficient (Wildman–Crippen LogP) is 3.27. The molecule has 2 heterocycles. The maximum atomic E-state index is 12.3. The first kappa shape index (κ1) is 14.0. The van der Waals surface area contributed by atoms with Gasteiger partial charge < -0.3 is 9.72 Å². The maximum Gasteiger partial charge on any atom is 0.292 e. The van der Waals surface area contributed by atoms with E-state index in [2.05, 4.69) is 28.2 Å². The van der Waals surface area contributed by atoms with E-state index in [1.807, 2.05) is 34.9 Å². The van der Waals surface area contributed by atoms with Gasteiger partial charge >= 0.3 is 0 Å². The van der Waals surface area contributed by atoms with Crippen LogP contribution in [0.25, 0.3) is 28.0 Å². The molecule has 1 aliphatic carbocycles. The molecule has 5 rings (SSSR count). The summed E-state index contributed by atoms with van der Waals surface area (Å²) in [6, 6.07) is 14.2. The second-order valence-corrected chi connectivity index (χ2v) is 6.14. The number of ether oxygens (including phenoxy) is 1. The molecule has 0 saturated carbocycles. The Balaban J connectivity index is 1.76. The van der Waals surface area contributed by atoms with Crippen molar-refractivity contribution < 1.29 is 4.74 Å². The first-order valence-electron chi connectivity index (χ1n) is 8.11. The fourth-order valence-corrected chi connectivity index (χ4v) is 3.69. The Morgan fingerprint density at radius 1 is 1.16 bits per heavy atom. The Labute approximate surface area is 143 Å². The lowest BCUT2D eigenvalue weighted by molar-refractivity contribution is 0.415. The van der Waals surface area contributed by atoms with Crippen LogP contribution in [0.5, 0.6) is 5.75 Å². The Kier molecular flexibility index (Phi) is 2.85. The van der Waals surface area contributed by atoms with Gasteiger partial charge in [-0.2, -0.15) is 0 Å². The number of benzene rings is 2. The molecule has 0 atom stereocenters. The fourth-order valence-electron chi connectivity index (χ4n) is 3.69.